The van der Waals surface area contributed by atoms with Crippen molar-refractivity contribution in [2.45, 2.75) is 20.8 Å². The van der Waals surface area contributed by atoms with Crippen molar-refractivity contribution in [3.63, 3.8) is 0 Å². The second-order valence-electron chi connectivity index (χ2n) is 3.45. The summed E-state index contributed by atoms with van der Waals surface area (Å²) < 4.78 is 4.67. The third-order valence-electron chi connectivity index (χ3n) is 2.07. The summed E-state index contributed by atoms with van der Waals surface area (Å²) in [7, 11) is 0. The van der Waals surface area contributed by atoms with E-state index in [9.17, 15) is 4.79 Å². The van der Waals surface area contributed by atoms with Gasteiger partial charge in [0, 0.05) is 0 Å². The maximum atomic E-state index is 10.9. The van der Waals surface area contributed by atoms with Gasteiger partial charge in [-0.05, 0) is 31.9 Å². The van der Waals surface area contributed by atoms with Gasteiger partial charge in [0.2, 0.25) is 0 Å². The largest absolute Gasteiger partial charge is 0.449 e. The third-order valence-corrected chi connectivity index (χ3v) is 2.07. The lowest BCUT2D eigenvalue weighted by atomic mass is 10.1. The van der Waals surface area contributed by atoms with Crippen LogP contribution in [0.25, 0.3) is 0 Å². The molecule has 1 rings (SSSR count). The van der Waals surface area contributed by atoms with Crippen molar-refractivity contribution in [2.24, 2.45) is 5.10 Å². The maximum Gasteiger partial charge on any atom is 0.427 e. The fourth-order valence-corrected chi connectivity index (χ4v) is 1.22. The van der Waals surface area contributed by atoms with Crippen LogP contribution in [0.2, 0.25) is 0 Å². The van der Waals surface area contributed by atoms with Gasteiger partial charge in [-0.1, -0.05) is 23.8 Å². The fraction of sp³-hybridized carbons (Fsp3) is 0.333. The first-order chi connectivity index (χ1) is 7.63. The number of ether oxygens (including phenoxy) is 1. The van der Waals surface area contributed by atoms with E-state index in [1.807, 2.05) is 32.0 Å². The lowest BCUT2D eigenvalue weighted by Crippen LogP contribution is -2.18. The molecule has 1 aromatic carbocycles. The molecular formula is C12H16N2O2. The van der Waals surface area contributed by atoms with E-state index in [2.05, 4.69) is 15.3 Å². The molecule has 0 unspecified atom stereocenters. The number of hydrogen-bond acceptors (Lipinski definition) is 3. The van der Waals surface area contributed by atoms with Gasteiger partial charge in [0.25, 0.3) is 0 Å². The Morgan fingerprint density at radius 2 is 2.25 bits per heavy atom. The number of hydrogen-bond donors (Lipinski definition) is 1. The summed E-state index contributed by atoms with van der Waals surface area (Å²) in [4.78, 5) is 10.9. The second kappa shape index (κ2) is 5.90. The van der Waals surface area contributed by atoms with Crippen LogP contribution >= 0.6 is 0 Å². The van der Waals surface area contributed by atoms with Gasteiger partial charge in [-0.3, -0.25) is 0 Å². The highest BCUT2D eigenvalue weighted by Gasteiger charge is 1.97. The van der Waals surface area contributed by atoms with Crippen LogP contribution in [0.1, 0.15) is 23.6 Å². The number of amides is 1. The highest BCUT2D eigenvalue weighted by Crippen LogP contribution is 2.07. The van der Waals surface area contributed by atoms with E-state index in [0.29, 0.717) is 6.61 Å². The van der Waals surface area contributed by atoms with Crippen molar-refractivity contribution in [3.8, 4) is 0 Å². The van der Waals surface area contributed by atoms with Crippen LogP contribution < -0.4 is 5.43 Å². The van der Waals surface area contributed by atoms with E-state index in [1.54, 1.807) is 13.1 Å². The normalized spacial score (nSPS) is 10.4. The molecule has 0 spiro atoms. The number of aryl methyl sites for hydroxylation is 2. The summed E-state index contributed by atoms with van der Waals surface area (Å²) in [6.45, 7) is 6.08. The SMILES string of the molecule is CCOC(=O)N/N=C\c1cc(C)ccc1C. The van der Waals surface area contributed by atoms with Gasteiger partial charge in [-0.15, -0.1) is 0 Å². The number of nitrogens with zero attached hydrogens (tertiary/aromatic N) is 1. The minimum absolute atomic E-state index is 0.338. The maximum absolute atomic E-state index is 10.9. The van der Waals surface area contributed by atoms with Gasteiger partial charge in [0.15, 0.2) is 0 Å². The van der Waals surface area contributed by atoms with Gasteiger partial charge >= 0.3 is 6.09 Å². The predicted molar refractivity (Wildman–Crippen MR) is 63.7 cm³/mol. The lowest BCUT2D eigenvalue weighted by molar-refractivity contribution is 0.152. The highest BCUT2D eigenvalue weighted by molar-refractivity contribution is 5.82. The Hall–Kier alpha value is -1.84. The minimum Gasteiger partial charge on any atom is -0.449 e. The number of carbonyl (C=O) groups excluding carboxylic acids is 1. The minimum atomic E-state index is -0.538. The zero-order valence-corrected chi connectivity index (χ0v) is 9.78. The first-order valence-corrected chi connectivity index (χ1v) is 5.16. The number of hydrazone groups is 1. The number of carbonyl (C=O) groups is 1. The Kier molecular flexibility index (Phi) is 4.51. The molecule has 86 valence electrons. The molecule has 0 saturated heterocycles. The molecule has 16 heavy (non-hydrogen) atoms. The van der Waals surface area contributed by atoms with Crippen LogP contribution in [0.15, 0.2) is 23.3 Å². The molecule has 4 nitrogen and oxygen atoms in total. The molecule has 0 atom stereocenters. The molecule has 1 amide bonds. The summed E-state index contributed by atoms with van der Waals surface area (Å²) in [6, 6.07) is 6.05. The predicted octanol–water partition coefficient (Wildman–Crippen LogP) is 2.38. The first kappa shape index (κ1) is 12.2. The molecule has 0 bridgehead atoms. The van der Waals surface area contributed by atoms with Gasteiger partial charge in [-0.25, -0.2) is 10.2 Å². The van der Waals surface area contributed by atoms with E-state index in [1.165, 1.54) is 0 Å². The quantitative estimate of drug-likeness (QED) is 0.628. The van der Waals surface area contributed by atoms with Gasteiger partial charge < -0.3 is 4.74 Å². The molecular weight excluding hydrogens is 204 g/mol. The molecule has 1 N–H and O–H groups in total. The highest BCUT2D eigenvalue weighted by atomic mass is 16.5. The molecule has 0 aliphatic rings. The molecule has 0 radical (unpaired) electrons. The van der Waals surface area contributed by atoms with Crippen LogP contribution in [0, 0.1) is 13.8 Å². The van der Waals surface area contributed by atoms with Crippen molar-refractivity contribution in [1.29, 1.82) is 0 Å². The first-order valence-electron chi connectivity index (χ1n) is 5.16. The van der Waals surface area contributed by atoms with E-state index in [-0.39, 0.29) is 0 Å². The number of rotatable bonds is 3. The smallest absolute Gasteiger partial charge is 0.427 e. The van der Waals surface area contributed by atoms with Crippen molar-refractivity contribution >= 4 is 12.3 Å². The molecule has 0 aromatic heterocycles. The number of nitrogens with one attached hydrogen (secondary N) is 1. The van der Waals surface area contributed by atoms with E-state index in [4.69, 9.17) is 0 Å². The molecule has 4 heteroatoms. The van der Waals surface area contributed by atoms with E-state index in [0.717, 1.165) is 16.7 Å². The molecule has 0 fully saturated rings. The lowest BCUT2D eigenvalue weighted by Gasteiger charge is -2.02. The summed E-state index contributed by atoms with van der Waals surface area (Å²) in [5, 5.41) is 3.81. The van der Waals surface area contributed by atoms with Gasteiger partial charge in [0.05, 0.1) is 12.8 Å². The summed E-state index contributed by atoms with van der Waals surface area (Å²) in [5.74, 6) is 0. The average Bonchev–Trinajstić information content (AvgIpc) is 2.23. The molecule has 0 saturated carbocycles. The van der Waals surface area contributed by atoms with Crippen molar-refractivity contribution in [2.75, 3.05) is 6.61 Å². The van der Waals surface area contributed by atoms with Crippen molar-refractivity contribution < 1.29 is 9.53 Å². The topological polar surface area (TPSA) is 50.7 Å². The standard InChI is InChI=1S/C12H16N2O2/c1-4-16-12(15)14-13-8-11-7-9(2)5-6-10(11)3/h5-8H,4H2,1-3H3,(H,14,15)/b13-8-. The van der Waals surface area contributed by atoms with Crippen LogP contribution in [-0.2, 0) is 4.74 Å². The molecule has 0 aliphatic carbocycles. The zero-order chi connectivity index (χ0) is 12.0. The Bertz CT molecular complexity index is 400. The molecule has 0 aliphatic heterocycles. The summed E-state index contributed by atoms with van der Waals surface area (Å²) in [6.07, 6.45) is 1.07. The summed E-state index contributed by atoms with van der Waals surface area (Å²) in [5.41, 5.74) is 5.54. The van der Waals surface area contributed by atoms with Crippen molar-refractivity contribution in [1.82, 2.24) is 5.43 Å². The molecule has 0 heterocycles. The van der Waals surface area contributed by atoms with E-state index < -0.39 is 6.09 Å². The van der Waals surface area contributed by atoms with Crippen LogP contribution in [0.5, 0.6) is 0 Å². The summed E-state index contributed by atoms with van der Waals surface area (Å²) >= 11 is 0. The second-order valence-corrected chi connectivity index (χ2v) is 3.45. The van der Waals surface area contributed by atoms with Crippen LogP contribution in [0.4, 0.5) is 4.79 Å². The van der Waals surface area contributed by atoms with Crippen LogP contribution in [-0.4, -0.2) is 18.9 Å². The van der Waals surface area contributed by atoms with Crippen molar-refractivity contribution in [3.05, 3.63) is 34.9 Å². The Morgan fingerprint density at radius 1 is 1.50 bits per heavy atom. The monoisotopic (exact) mass is 220 g/mol. The van der Waals surface area contributed by atoms with Gasteiger partial charge in [0.1, 0.15) is 0 Å². The Balaban J connectivity index is 2.62. The van der Waals surface area contributed by atoms with Gasteiger partial charge in [-0.2, -0.15) is 5.10 Å². The number of benzene rings is 1. The van der Waals surface area contributed by atoms with Crippen LogP contribution in [0.3, 0.4) is 0 Å². The zero-order valence-electron chi connectivity index (χ0n) is 9.78. The third kappa shape index (κ3) is 3.73. The Morgan fingerprint density at radius 3 is 2.94 bits per heavy atom. The molecule has 1 aromatic rings. The average molecular weight is 220 g/mol. The fourth-order valence-electron chi connectivity index (χ4n) is 1.22. The van der Waals surface area contributed by atoms with E-state index >= 15 is 0 Å². The Labute approximate surface area is 95.3 Å².